The maximum Gasteiger partial charge on any atom is 0.0651 e. The predicted molar refractivity (Wildman–Crippen MR) is 34.0 cm³/mol. The maximum absolute atomic E-state index is 3.21. The second-order valence-corrected chi connectivity index (χ2v) is 2.84. The number of rotatable bonds is 0. The van der Waals surface area contributed by atoms with E-state index in [4.69, 9.17) is 0 Å². The van der Waals surface area contributed by atoms with E-state index in [2.05, 4.69) is 19.2 Å². The van der Waals surface area contributed by atoms with E-state index >= 15 is 0 Å². The molecule has 1 rings (SSSR count). The summed E-state index contributed by atoms with van der Waals surface area (Å²) >= 11 is 1.87. The first-order valence-electron chi connectivity index (χ1n) is 2.35. The fourth-order valence-corrected chi connectivity index (χ4v) is 1.28. The second kappa shape index (κ2) is 1.78. The standard InChI is InChI=1S/C5H9NS/c1-4-5(2)7-3-6-4/h6H,3H2,1-2H3. The first-order chi connectivity index (χ1) is 3.30. The normalized spacial score (nSPS) is 20.3. The van der Waals surface area contributed by atoms with Gasteiger partial charge >= 0.3 is 0 Å². The molecule has 1 heterocycles. The molecule has 0 bridgehead atoms. The average molecular weight is 115 g/mol. The van der Waals surface area contributed by atoms with Gasteiger partial charge in [-0.15, -0.1) is 11.8 Å². The van der Waals surface area contributed by atoms with Crippen LogP contribution in [0.3, 0.4) is 0 Å². The zero-order valence-electron chi connectivity index (χ0n) is 4.62. The topological polar surface area (TPSA) is 12.0 Å². The van der Waals surface area contributed by atoms with E-state index in [1.807, 2.05) is 11.8 Å². The lowest BCUT2D eigenvalue weighted by atomic mass is 10.5. The Hall–Kier alpha value is -0.110. The summed E-state index contributed by atoms with van der Waals surface area (Å²) in [5.41, 5.74) is 1.34. The van der Waals surface area contributed by atoms with Gasteiger partial charge in [-0.05, 0) is 13.8 Å². The van der Waals surface area contributed by atoms with Crippen molar-refractivity contribution in [2.75, 3.05) is 5.88 Å². The highest BCUT2D eigenvalue weighted by Gasteiger charge is 2.02. The van der Waals surface area contributed by atoms with Crippen molar-refractivity contribution in [2.45, 2.75) is 13.8 Å². The molecule has 0 amide bonds. The van der Waals surface area contributed by atoms with Gasteiger partial charge in [0.25, 0.3) is 0 Å². The van der Waals surface area contributed by atoms with Gasteiger partial charge in [0.05, 0.1) is 5.88 Å². The lowest BCUT2D eigenvalue weighted by Gasteiger charge is -1.89. The van der Waals surface area contributed by atoms with Gasteiger partial charge in [0.2, 0.25) is 0 Å². The second-order valence-electron chi connectivity index (χ2n) is 1.65. The number of hydrogen-bond acceptors (Lipinski definition) is 2. The average Bonchev–Trinajstić information content (AvgIpc) is 1.91. The van der Waals surface area contributed by atoms with Crippen molar-refractivity contribution in [3.8, 4) is 0 Å². The van der Waals surface area contributed by atoms with Crippen LogP contribution >= 0.6 is 11.8 Å². The van der Waals surface area contributed by atoms with Crippen molar-refractivity contribution in [2.24, 2.45) is 0 Å². The smallest absolute Gasteiger partial charge is 0.0651 e. The summed E-state index contributed by atoms with van der Waals surface area (Å²) in [7, 11) is 0. The zero-order valence-corrected chi connectivity index (χ0v) is 5.43. The van der Waals surface area contributed by atoms with Gasteiger partial charge in [-0.25, -0.2) is 0 Å². The van der Waals surface area contributed by atoms with Crippen LogP contribution in [0.15, 0.2) is 10.6 Å². The van der Waals surface area contributed by atoms with Crippen LogP contribution in [0.4, 0.5) is 0 Å². The first kappa shape index (κ1) is 5.04. The summed E-state index contributed by atoms with van der Waals surface area (Å²) in [6.07, 6.45) is 0. The van der Waals surface area contributed by atoms with Gasteiger partial charge in [-0.3, -0.25) is 0 Å². The van der Waals surface area contributed by atoms with Crippen LogP contribution in [0.1, 0.15) is 13.8 Å². The largest absolute Gasteiger partial charge is 0.379 e. The molecular weight excluding hydrogens is 106 g/mol. The molecule has 40 valence electrons. The van der Waals surface area contributed by atoms with Crippen molar-refractivity contribution in [3.05, 3.63) is 10.6 Å². The van der Waals surface area contributed by atoms with Crippen LogP contribution in [-0.2, 0) is 0 Å². The van der Waals surface area contributed by atoms with E-state index in [-0.39, 0.29) is 0 Å². The number of allylic oxidation sites excluding steroid dienone is 2. The Labute approximate surface area is 48.2 Å². The summed E-state index contributed by atoms with van der Waals surface area (Å²) in [5, 5.41) is 3.21. The summed E-state index contributed by atoms with van der Waals surface area (Å²) < 4.78 is 0. The number of nitrogens with one attached hydrogen (secondary N) is 1. The van der Waals surface area contributed by atoms with Gasteiger partial charge in [0, 0.05) is 10.6 Å². The molecule has 7 heavy (non-hydrogen) atoms. The Morgan fingerprint density at radius 1 is 1.57 bits per heavy atom. The Bertz CT molecular complexity index is 94.6. The monoisotopic (exact) mass is 115 g/mol. The Morgan fingerprint density at radius 2 is 2.29 bits per heavy atom. The van der Waals surface area contributed by atoms with E-state index in [1.54, 1.807) is 0 Å². The number of hydrogen-bond donors (Lipinski definition) is 1. The molecule has 0 aliphatic carbocycles. The van der Waals surface area contributed by atoms with E-state index in [9.17, 15) is 0 Å². The fraction of sp³-hybridized carbons (Fsp3) is 0.600. The molecule has 0 aromatic carbocycles. The molecule has 1 nitrogen and oxygen atoms in total. The molecule has 0 saturated carbocycles. The van der Waals surface area contributed by atoms with Gasteiger partial charge in [-0.1, -0.05) is 0 Å². The van der Waals surface area contributed by atoms with Crippen LogP contribution in [-0.4, -0.2) is 5.88 Å². The van der Waals surface area contributed by atoms with Crippen LogP contribution in [0, 0.1) is 0 Å². The summed E-state index contributed by atoms with van der Waals surface area (Å²) in [5.74, 6) is 1.07. The Kier molecular flexibility index (Phi) is 1.28. The third kappa shape index (κ3) is 0.911. The molecule has 2 heteroatoms. The van der Waals surface area contributed by atoms with Crippen LogP contribution in [0.25, 0.3) is 0 Å². The molecule has 0 saturated heterocycles. The molecule has 0 aromatic rings. The lowest BCUT2D eigenvalue weighted by Crippen LogP contribution is -2.02. The van der Waals surface area contributed by atoms with Gasteiger partial charge in [0.1, 0.15) is 0 Å². The van der Waals surface area contributed by atoms with E-state index in [0.29, 0.717) is 0 Å². The molecule has 0 radical (unpaired) electrons. The minimum absolute atomic E-state index is 1.07. The van der Waals surface area contributed by atoms with Gasteiger partial charge in [0.15, 0.2) is 0 Å². The molecule has 1 aliphatic rings. The molecule has 0 atom stereocenters. The molecule has 0 fully saturated rings. The fourth-order valence-electron chi connectivity index (χ4n) is 0.485. The van der Waals surface area contributed by atoms with Crippen molar-refractivity contribution in [1.29, 1.82) is 0 Å². The van der Waals surface area contributed by atoms with Gasteiger partial charge in [-0.2, -0.15) is 0 Å². The first-order valence-corrected chi connectivity index (χ1v) is 3.33. The third-order valence-corrected chi connectivity index (χ3v) is 2.18. The lowest BCUT2D eigenvalue weighted by molar-refractivity contribution is 0.974. The molecule has 1 N–H and O–H groups in total. The SMILES string of the molecule is CC1=C(C)SCN1. The highest BCUT2D eigenvalue weighted by atomic mass is 32.2. The predicted octanol–water partition coefficient (Wildman–Crippen LogP) is 1.53. The molecule has 0 unspecified atom stereocenters. The molecule has 1 aliphatic heterocycles. The number of thioether (sulfide) groups is 1. The summed E-state index contributed by atoms with van der Waals surface area (Å²) in [6.45, 7) is 4.25. The quantitative estimate of drug-likeness (QED) is 0.514. The minimum Gasteiger partial charge on any atom is -0.379 e. The highest BCUT2D eigenvalue weighted by molar-refractivity contribution is 8.03. The van der Waals surface area contributed by atoms with Crippen molar-refractivity contribution in [3.63, 3.8) is 0 Å². The van der Waals surface area contributed by atoms with Crippen molar-refractivity contribution < 1.29 is 0 Å². The summed E-state index contributed by atoms with van der Waals surface area (Å²) in [6, 6.07) is 0. The van der Waals surface area contributed by atoms with Gasteiger partial charge < -0.3 is 5.32 Å². The minimum atomic E-state index is 1.07. The Morgan fingerprint density at radius 3 is 2.43 bits per heavy atom. The third-order valence-electron chi connectivity index (χ3n) is 1.15. The van der Waals surface area contributed by atoms with Crippen LogP contribution in [0.5, 0.6) is 0 Å². The van der Waals surface area contributed by atoms with E-state index in [0.717, 1.165) is 5.88 Å². The van der Waals surface area contributed by atoms with E-state index in [1.165, 1.54) is 10.6 Å². The van der Waals surface area contributed by atoms with Crippen molar-refractivity contribution in [1.82, 2.24) is 5.32 Å². The highest BCUT2D eigenvalue weighted by Crippen LogP contribution is 2.21. The molecule has 0 spiro atoms. The van der Waals surface area contributed by atoms with Crippen molar-refractivity contribution >= 4 is 11.8 Å². The zero-order chi connectivity index (χ0) is 5.28. The van der Waals surface area contributed by atoms with Crippen LogP contribution < -0.4 is 5.32 Å². The molecule has 0 aromatic heterocycles. The van der Waals surface area contributed by atoms with E-state index < -0.39 is 0 Å². The summed E-state index contributed by atoms with van der Waals surface area (Å²) in [4.78, 5) is 1.43. The molecular formula is C5H9NS. The van der Waals surface area contributed by atoms with Crippen LogP contribution in [0.2, 0.25) is 0 Å². The maximum atomic E-state index is 3.21. The Balaban J connectivity index is 2.64.